The number of nitrogens with one attached hydrogen (secondary N) is 1. The normalized spacial score (nSPS) is 18.3. The molecule has 0 bridgehead atoms. The molecule has 1 fully saturated rings. The van der Waals surface area contributed by atoms with Crippen molar-refractivity contribution in [2.45, 2.75) is 70.2 Å². The summed E-state index contributed by atoms with van der Waals surface area (Å²) in [5, 5.41) is 30.4. The minimum absolute atomic E-state index is 0.00545. The minimum Gasteiger partial charge on any atom is -0.481 e. The highest BCUT2D eigenvalue weighted by Crippen LogP contribution is 2.39. The van der Waals surface area contributed by atoms with Crippen molar-refractivity contribution in [3.8, 4) is 11.1 Å². The summed E-state index contributed by atoms with van der Waals surface area (Å²) in [6, 6.07) is 24.0. The molecule has 1 amide bonds. The zero-order valence-electron chi connectivity index (χ0n) is 24.3. The maximum Gasteiger partial charge on any atom is 0.303 e. The molecule has 3 atom stereocenters. The van der Waals surface area contributed by atoms with Gasteiger partial charge in [-0.05, 0) is 52.8 Å². The van der Waals surface area contributed by atoms with Gasteiger partial charge in [0.1, 0.15) is 0 Å². The molecule has 43 heavy (non-hydrogen) atoms. The van der Waals surface area contributed by atoms with E-state index in [-0.39, 0.29) is 37.7 Å². The summed E-state index contributed by atoms with van der Waals surface area (Å²) >= 11 is 1.66. The second kappa shape index (κ2) is 17.2. The molecule has 1 aliphatic heterocycles. The predicted molar refractivity (Wildman–Crippen MR) is 167 cm³/mol. The van der Waals surface area contributed by atoms with Crippen LogP contribution in [0.1, 0.15) is 73.2 Å². The van der Waals surface area contributed by atoms with E-state index in [9.17, 15) is 19.8 Å². The second-order valence-electron chi connectivity index (χ2n) is 10.7. The molecular weight excluding hydrogens is 566 g/mol. The number of carboxylic acid groups (broad SMARTS) is 1. The Morgan fingerprint density at radius 2 is 1.58 bits per heavy atom. The first-order chi connectivity index (χ1) is 20.9. The van der Waals surface area contributed by atoms with Crippen LogP contribution in [0.3, 0.4) is 0 Å². The largest absolute Gasteiger partial charge is 0.481 e. The Balaban J connectivity index is 1.42. The standard InChI is InChI=1S/C34H41NO7S/c36-16-17-43-23-30-20-31(26-14-12-24(22-37)13-15-26)42-34(41-30)29-9-5-8-28(19-29)27-7-4-6-25(18-27)21-35-32(38)10-2-1-3-11-33(39)40/h4-9,12-15,18-19,30-31,34,36-37H,1-3,10-11,16-17,20-23H2,(H,35,38)(H,39,40)/t30-,31+,34+/m0/s1. The van der Waals surface area contributed by atoms with Crippen molar-refractivity contribution < 1.29 is 34.4 Å². The van der Waals surface area contributed by atoms with Gasteiger partial charge in [-0.1, -0.05) is 67.1 Å². The maximum absolute atomic E-state index is 12.3. The number of hydrogen-bond acceptors (Lipinski definition) is 7. The van der Waals surface area contributed by atoms with Crippen molar-refractivity contribution in [2.24, 2.45) is 0 Å². The minimum atomic E-state index is -0.805. The highest BCUT2D eigenvalue weighted by molar-refractivity contribution is 7.99. The van der Waals surface area contributed by atoms with Gasteiger partial charge in [0.2, 0.25) is 5.91 Å². The van der Waals surface area contributed by atoms with Gasteiger partial charge in [0.05, 0.1) is 25.4 Å². The second-order valence-corrected chi connectivity index (χ2v) is 11.9. The quantitative estimate of drug-likeness (QED) is 0.151. The number of thioether (sulfide) groups is 1. The number of rotatable bonds is 16. The zero-order valence-corrected chi connectivity index (χ0v) is 25.1. The monoisotopic (exact) mass is 607 g/mol. The first-order valence-electron chi connectivity index (χ1n) is 14.8. The molecule has 4 N–H and O–H groups in total. The van der Waals surface area contributed by atoms with E-state index < -0.39 is 12.3 Å². The molecule has 1 aliphatic rings. The Morgan fingerprint density at radius 1 is 0.837 bits per heavy atom. The zero-order chi connectivity index (χ0) is 30.4. The molecule has 8 nitrogen and oxygen atoms in total. The third-order valence-corrected chi connectivity index (χ3v) is 8.44. The third-order valence-electron chi connectivity index (χ3n) is 7.36. The molecule has 0 aliphatic carbocycles. The molecule has 0 aromatic heterocycles. The molecule has 9 heteroatoms. The lowest BCUT2D eigenvalue weighted by Crippen LogP contribution is -2.31. The van der Waals surface area contributed by atoms with Crippen LogP contribution in [0.15, 0.2) is 72.8 Å². The van der Waals surface area contributed by atoms with E-state index in [0.29, 0.717) is 38.0 Å². The van der Waals surface area contributed by atoms with Crippen molar-refractivity contribution >= 4 is 23.6 Å². The lowest BCUT2D eigenvalue weighted by Gasteiger charge is -2.36. The summed E-state index contributed by atoms with van der Waals surface area (Å²) in [4.78, 5) is 22.9. The number of ether oxygens (including phenoxy) is 2. The Labute approximate surface area is 257 Å². The molecule has 0 saturated carbocycles. The number of hydrogen-bond donors (Lipinski definition) is 4. The summed E-state index contributed by atoms with van der Waals surface area (Å²) < 4.78 is 12.9. The molecule has 3 aromatic carbocycles. The van der Waals surface area contributed by atoms with Gasteiger partial charge in [-0.2, -0.15) is 11.8 Å². The highest BCUT2D eigenvalue weighted by atomic mass is 32.2. The van der Waals surface area contributed by atoms with Crippen LogP contribution in [-0.2, 0) is 32.2 Å². The van der Waals surface area contributed by atoms with Gasteiger partial charge in [-0.25, -0.2) is 0 Å². The number of unbranched alkanes of at least 4 members (excludes halogenated alkanes) is 2. The van der Waals surface area contributed by atoms with Gasteiger partial charge in [-0.3, -0.25) is 9.59 Å². The van der Waals surface area contributed by atoms with E-state index in [1.54, 1.807) is 11.8 Å². The predicted octanol–water partition coefficient (Wildman–Crippen LogP) is 5.77. The summed E-state index contributed by atoms with van der Waals surface area (Å²) in [6.45, 7) is 0.539. The third kappa shape index (κ3) is 10.5. The molecule has 0 spiro atoms. The fourth-order valence-corrected chi connectivity index (χ4v) is 5.83. The molecule has 0 unspecified atom stereocenters. The van der Waals surface area contributed by atoms with Gasteiger partial charge in [0.25, 0.3) is 0 Å². The van der Waals surface area contributed by atoms with Crippen molar-refractivity contribution in [1.29, 1.82) is 0 Å². The first kappa shape index (κ1) is 32.7. The summed E-state index contributed by atoms with van der Waals surface area (Å²) in [5.74, 6) is 0.559. The number of carboxylic acids is 1. The summed E-state index contributed by atoms with van der Waals surface area (Å²) in [7, 11) is 0. The lowest BCUT2D eigenvalue weighted by molar-refractivity contribution is -0.245. The fourth-order valence-electron chi connectivity index (χ4n) is 5.06. The smallest absolute Gasteiger partial charge is 0.303 e. The number of amides is 1. The molecule has 1 saturated heterocycles. The van der Waals surface area contributed by atoms with Crippen LogP contribution in [0.5, 0.6) is 0 Å². The molecule has 1 heterocycles. The van der Waals surface area contributed by atoms with Gasteiger partial charge >= 0.3 is 5.97 Å². The topological polar surface area (TPSA) is 125 Å². The van der Waals surface area contributed by atoms with Gasteiger partial charge in [0, 0.05) is 42.9 Å². The Bertz CT molecular complexity index is 1320. The lowest BCUT2D eigenvalue weighted by atomic mass is 9.99. The average Bonchev–Trinajstić information content (AvgIpc) is 3.04. The average molecular weight is 608 g/mol. The highest BCUT2D eigenvalue weighted by Gasteiger charge is 2.32. The molecule has 0 radical (unpaired) electrons. The van der Waals surface area contributed by atoms with Crippen molar-refractivity contribution in [3.05, 3.63) is 95.1 Å². The van der Waals surface area contributed by atoms with Crippen molar-refractivity contribution in [1.82, 2.24) is 5.32 Å². The van der Waals surface area contributed by atoms with Crippen LogP contribution < -0.4 is 5.32 Å². The SMILES string of the molecule is O=C(O)CCCCCC(=O)NCc1cccc(-c2cccc([C@@H]3O[C@H](CSCCO)C[C@H](c4ccc(CO)cc4)O3)c2)c1. The van der Waals surface area contributed by atoms with E-state index in [0.717, 1.165) is 45.6 Å². The van der Waals surface area contributed by atoms with E-state index in [4.69, 9.17) is 14.6 Å². The number of benzene rings is 3. The van der Waals surface area contributed by atoms with E-state index >= 15 is 0 Å². The van der Waals surface area contributed by atoms with Gasteiger partial charge < -0.3 is 30.1 Å². The first-order valence-corrected chi connectivity index (χ1v) is 16.0. The molecule has 4 rings (SSSR count). The van der Waals surface area contributed by atoms with Crippen LogP contribution in [-0.4, -0.2) is 51.4 Å². The summed E-state index contributed by atoms with van der Waals surface area (Å²) in [5.41, 5.74) is 5.81. The van der Waals surface area contributed by atoms with Crippen LogP contribution in [0, 0.1) is 0 Å². The van der Waals surface area contributed by atoms with Crippen molar-refractivity contribution in [3.63, 3.8) is 0 Å². The number of carbonyl (C=O) groups excluding carboxylic acids is 1. The van der Waals surface area contributed by atoms with E-state index in [1.807, 2.05) is 60.7 Å². The summed E-state index contributed by atoms with van der Waals surface area (Å²) in [6.07, 6.45) is 2.42. The maximum atomic E-state index is 12.3. The van der Waals surface area contributed by atoms with Crippen LogP contribution in [0.25, 0.3) is 11.1 Å². The van der Waals surface area contributed by atoms with Crippen LogP contribution >= 0.6 is 11.8 Å². The van der Waals surface area contributed by atoms with Crippen LogP contribution in [0.2, 0.25) is 0 Å². The van der Waals surface area contributed by atoms with E-state index in [2.05, 4.69) is 17.4 Å². The fraction of sp³-hybridized carbons (Fsp3) is 0.412. The Hall–Kier alpha value is -3.21. The number of carbonyl (C=O) groups is 2. The van der Waals surface area contributed by atoms with Crippen LogP contribution in [0.4, 0.5) is 0 Å². The van der Waals surface area contributed by atoms with Gasteiger partial charge in [0.15, 0.2) is 6.29 Å². The molecule has 230 valence electrons. The van der Waals surface area contributed by atoms with E-state index in [1.165, 1.54) is 0 Å². The molecule has 3 aromatic rings. The van der Waals surface area contributed by atoms with Gasteiger partial charge in [-0.15, -0.1) is 0 Å². The Kier molecular flexibility index (Phi) is 13.1. The number of aliphatic hydroxyl groups excluding tert-OH is 2. The number of aliphatic carboxylic acids is 1. The van der Waals surface area contributed by atoms with Crippen molar-refractivity contribution in [2.75, 3.05) is 18.1 Å². The molecular formula is C34H41NO7S. The Morgan fingerprint density at radius 3 is 2.33 bits per heavy atom. The number of aliphatic hydroxyl groups is 2.